The molecule has 0 aliphatic carbocycles. The summed E-state index contributed by atoms with van der Waals surface area (Å²) in [4.78, 5) is 0.238. The van der Waals surface area contributed by atoms with Crippen LogP contribution >= 0.6 is 11.6 Å². The van der Waals surface area contributed by atoms with Gasteiger partial charge in [-0.15, -0.1) is 0 Å². The van der Waals surface area contributed by atoms with Crippen LogP contribution in [0.15, 0.2) is 82.6 Å². The van der Waals surface area contributed by atoms with Crippen molar-refractivity contribution in [2.45, 2.75) is 28.4 Å². The molecule has 168 valence electrons. The number of hydrogen-bond acceptors (Lipinski definition) is 5. The van der Waals surface area contributed by atoms with Gasteiger partial charge in [0.15, 0.2) is 9.84 Å². The molecular weight excluding hydrogens is 470 g/mol. The molecule has 1 unspecified atom stereocenters. The summed E-state index contributed by atoms with van der Waals surface area (Å²) in [5.74, 6) is 1.18. The predicted octanol–water partition coefficient (Wildman–Crippen LogP) is 4.68. The van der Waals surface area contributed by atoms with Gasteiger partial charge in [-0.3, -0.25) is 0 Å². The van der Waals surface area contributed by atoms with Crippen LogP contribution in [0.4, 0.5) is 0 Å². The van der Waals surface area contributed by atoms with Gasteiger partial charge in [0, 0.05) is 18.1 Å². The summed E-state index contributed by atoms with van der Waals surface area (Å²) in [6.07, 6.45) is 0.235. The summed E-state index contributed by atoms with van der Waals surface area (Å²) in [5.41, 5.74) is 1.05. The van der Waals surface area contributed by atoms with Crippen molar-refractivity contribution in [2.75, 3.05) is 13.1 Å². The zero-order chi connectivity index (χ0) is 22.9. The van der Waals surface area contributed by atoms with Crippen LogP contribution < -0.4 is 4.74 Å². The molecule has 1 atom stereocenters. The number of benzene rings is 3. The summed E-state index contributed by atoms with van der Waals surface area (Å²) < 4.78 is 59.0. The van der Waals surface area contributed by atoms with E-state index in [0.717, 1.165) is 5.56 Å². The highest BCUT2D eigenvalue weighted by Gasteiger charge is 2.39. The quantitative estimate of drug-likeness (QED) is 0.500. The first-order valence-electron chi connectivity index (χ1n) is 10.0. The Morgan fingerprint density at radius 3 is 2.19 bits per heavy atom. The maximum Gasteiger partial charge on any atom is 0.243 e. The first-order valence-corrected chi connectivity index (χ1v) is 13.4. The average molecular weight is 492 g/mol. The molecule has 0 N–H and O–H groups in total. The fraction of sp³-hybridized carbons (Fsp3) is 0.217. The Balaban J connectivity index is 1.48. The molecule has 0 bridgehead atoms. The van der Waals surface area contributed by atoms with Crippen molar-refractivity contribution in [1.82, 2.24) is 4.31 Å². The second-order valence-electron chi connectivity index (χ2n) is 7.66. The van der Waals surface area contributed by atoms with Gasteiger partial charge in [0.05, 0.1) is 15.0 Å². The summed E-state index contributed by atoms with van der Waals surface area (Å²) in [7, 11) is -7.49. The molecule has 0 spiro atoms. The van der Waals surface area contributed by atoms with Crippen LogP contribution in [0.25, 0.3) is 0 Å². The second kappa shape index (κ2) is 8.86. The number of aryl methyl sites for hydroxylation is 1. The highest BCUT2D eigenvalue weighted by molar-refractivity contribution is 7.92. The predicted molar refractivity (Wildman–Crippen MR) is 123 cm³/mol. The van der Waals surface area contributed by atoms with E-state index >= 15 is 0 Å². The topological polar surface area (TPSA) is 80.8 Å². The third-order valence-electron chi connectivity index (χ3n) is 5.38. The van der Waals surface area contributed by atoms with Crippen molar-refractivity contribution < 1.29 is 21.6 Å². The van der Waals surface area contributed by atoms with Crippen molar-refractivity contribution in [3.8, 4) is 11.5 Å². The van der Waals surface area contributed by atoms with Gasteiger partial charge in [-0.05, 0) is 79.6 Å². The Labute approximate surface area is 193 Å². The molecule has 3 aromatic carbocycles. The lowest BCUT2D eigenvalue weighted by molar-refractivity contribution is 0.474. The third kappa shape index (κ3) is 4.68. The van der Waals surface area contributed by atoms with Crippen molar-refractivity contribution in [1.29, 1.82) is 0 Å². The largest absolute Gasteiger partial charge is 0.457 e. The zero-order valence-corrected chi connectivity index (χ0v) is 19.7. The number of halogens is 1. The van der Waals surface area contributed by atoms with Crippen molar-refractivity contribution in [3.05, 3.63) is 83.4 Å². The first-order chi connectivity index (χ1) is 15.2. The van der Waals surface area contributed by atoms with E-state index in [0.29, 0.717) is 16.5 Å². The van der Waals surface area contributed by atoms with Gasteiger partial charge in [0.2, 0.25) is 10.0 Å². The minimum atomic E-state index is -3.82. The number of rotatable bonds is 6. The van der Waals surface area contributed by atoms with Gasteiger partial charge >= 0.3 is 0 Å². The van der Waals surface area contributed by atoms with E-state index in [1.165, 1.54) is 40.7 Å². The van der Waals surface area contributed by atoms with E-state index in [2.05, 4.69) is 0 Å². The minimum Gasteiger partial charge on any atom is -0.457 e. The van der Waals surface area contributed by atoms with Crippen molar-refractivity contribution in [3.63, 3.8) is 0 Å². The van der Waals surface area contributed by atoms with E-state index in [-0.39, 0.29) is 29.3 Å². The monoisotopic (exact) mass is 491 g/mol. The Morgan fingerprint density at radius 2 is 1.53 bits per heavy atom. The fourth-order valence-corrected chi connectivity index (χ4v) is 7.04. The molecule has 1 aliphatic heterocycles. The standard InChI is InChI=1S/C23H22ClNO5S2/c1-17-3-2-4-20(15-17)30-19-7-11-22(12-8-19)32(28,29)25-14-13-23(16-25)31(26,27)21-9-5-18(24)6-10-21/h2-12,15,23H,13-14,16H2,1H3. The van der Waals surface area contributed by atoms with Crippen LogP contribution in [-0.4, -0.2) is 39.5 Å². The van der Waals surface area contributed by atoms with Gasteiger partial charge in [-0.2, -0.15) is 4.31 Å². The number of hydrogen-bond donors (Lipinski definition) is 0. The molecule has 0 aromatic heterocycles. The molecular formula is C23H22ClNO5S2. The number of sulfone groups is 1. The fourth-order valence-electron chi connectivity index (χ4n) is 3.63. The summed E-state index contributed by atoms with van der Waals surface area (Å²) in [6, 6.07) is 19.6. The maximum atomic E-state index is 13.1. The lowest BCUT2D eigenvalue weighted by Crippen LogP contribution is -2.32. The SMILES string of the molecule is Cc1cccc(Oc2ccc(S(=O)(=O)N3CCC(S(=O)(=O)c4ccc(Cl)cc4)C3)cc2)c1. The average Bonchev–Trinajstić information content (AvgIpc) is 3.27. The van der Waals surface area contributed by atoms with Crippen LogP contribution in [0.3, 0.4) is 0 Å². The number of nitrogens with zero attached hydrogens (tertiary/aromatic N) is 1. The summed E-state index contributed by atoms with van der Waals surface area (Å²) >= 11 is 5.84. The van der Waals surface area contributed by atoms with E-state index < -0.39 is 25.1 Å². The van der Waals surface area contributed by atoms with Crippen molar-refractivity contribution >= 4 is 31.5 Å². The van der Waals surface area contributed by atoms with Gasteiger partial charge in [0.25, 0.3) is 0 Å². The Hall–Kier alpha value is -2.39. The highest BCUT2D eigenvalue weighted by Crippen LogP contribution is 2.30. The van der Waals surface area contributed by atoms with Crippen LogP contribution in [0.2, 0.25) is 5.02 Å². The second-order valence-corrected chi connectivity index (χ2v) is 12.3. The molecule has 0 radical (unpaired) electrons. The molecule has 6 nitrogen and oxygen atoms in total. The molecule has 4 rings (SSSR count). The Kier molecular flexibility index (Phi) is 6.31. The van der Waals surface area contributed by atoms with E-state index in [1.54, 1.807) is 12.1 Å². The Bertz CT molecular complexity index is 1320. The van der Waals surface area contributed by atoms with Crippen molar-refractivity contribution in [2.24, 2.45) is 0 Å². The Morgan fingerprint density at radius 1 is 0.875 bits per heavy atom. The maximum absolute atomic E-state index is 13.1. The van der Waals surface area contributed by atoms with Gasteiger partial charge in [0.1, 0.15) is 11.5 Å². The molecule has 1 heterocycles. The lowest BCUT2D eigenvalue weighted by atomic mass is 10.2. The third-order valence-corrected chi connectivity index (χ3v) is 9.70. The van der Waals surface area contributed by atoms with Crippen LogP contribution in [0.5, 0.6) is 11.5 Å². The molecule has 0 saturated carbocycles. The van der Waals surface area contributed by atoms with E-state index in [4.69, 9.17) is 16.3 Å². The van der Waals surface area contributed by atoms with Crippen LogP contribution in [0, 0.1) is 6.92 Å². The molecule has 3 aromatic rings. The van der Waals surface area contributed by atoms with Gasteiger partial charge < -0.3 is 4.74 Å². The van der Waals surface area contributed by atoms with E-state index in [9.17, 15) is 16.8 Å². The van der Waals surface area contributed by atoms with Crippen LogP contribution in [0.1, 0.15) is 12.0 Å². The lowest BCUT2D eigenvalue weighted by Gasteiger charge is -2.17. The van der Waals surface area contributed by atoms with Gasteiger partial charge in [-0.1, -0.05) is 23.7 Å². The molecule has 32 heavy (non-hydrogen) atoms. The minimum absolute atomic E-state index is 0.0885. The molecule has 1 saturated heterocycles. The molecule has 1 aliphatic rings. The summed E-state index contributed by atoms with van der Waals surface area (Å²) in [6.45, 7) is 2.01. The highest BCUT2D eigenvalue weighted by atomic mass is 35.5. The molecule has 9 heteroatoms. The molecule has 1 fully saturated rings. The number of ether oxygens (including phenoxy) is 1. The van der Waals surface area contributed by atoms with Crippen LogP contribution in [-0.2, 0) is 19.9 Å². The van der Waals surface area contributed by atoms with E-state index in [1.807, 2.05) is 31.2 Å². The number of sulfonamides is 1. The normalized spacial score (nSPS) is 17.4. The zero-order valence-electron chi connectivity index (χ0n) is 17.3. The first kappa shape index (κ1) is 22.8. The smallest absolute Gasteiger partial charge is 0.243 e. The van der Waals surface area contributed by atoms with Gasteiger partial charge in [-0.25, -0.2) is 16.8 Å². The molecule has 0 amide bonds. The summed E-state index contributed by atoms with van der Waals surface area (Å²) in [5, 5.41) is -0.364.